The van der Waals surface area contributed by atoms with Gasteiger partial charge in [0.15, 0.2) is 0 Å². The third-order valence-corrected chi connectivity index (χ3v) is 6.24. The first-order valence-corrected chi connectivity index (χ1v) is 10.1. The van der Waals surface area contributed by atoms with E-state index in [2.05, 4.69) is 39.2 Å². The van der Waals surface area contributed by atoms with Gasteiger partial charge in [-0.25, -0.2) is 4.98 Å². The number of anilines is 1. The van der Waals surface area contributed by atoms with Gasteiger partial charge in [0, 0.05) is 37.6 Å². The molecule has 2 fully saturated rings. The van der Waals surface area contributed by atoms with E-state index in [1.807, 2.05) is 0 Å². The molecule has 26 heavy (non-hydrogen) atoms. The second-order valence-corrected chi connectivity index (χ2v) is 8.10. The molecular weight excluding hydrogens is 326 g/mol. The monoisotopic (exact) mass is 359 g/mol. The van der Waals surface area contributed by atoms with E-state index in [0.717, 1.165) is 38.3 Å². The average molecular weight is 360 g/mol. The molecule has 6 heteroatoms. The van der Waals surface area contributed by atoms with E-state index in [0.29, 0.717) is 0 Å². The van der Waals surface area contributed by atoms with Gasteiger partial charge < -0.3 is 15.1 Å². The largest absolute Gasteiger partial charge is 0.355 e. The van der Waals surface area contributed by atoms with E-state index in [1.54, 1.807) is 18.6 Å². The van der Waals surface area contributed by atoms with Crippen molar-refractivity contribution in [1.82, 2.24) is 20.2 Å². The van der Waals surface area contributed by atoms with E-state index in [4.69, 9.17) is 0 Å². The summed E-state index contributed by atoms with van der Waals surface area (Å²) >= 11 is 0. The minimum atomic E-state index is 0.0377. The molecule has 1 saturated carbocycles. The fourth-order valence-electron chi connectivity index (χ4n) is 4.42. The lowest BCUT2D eigenvalue weighted by molar-refractivity contribution is -0.125. The molecule has 0 radical (unpaired) electrons. The second-order valence-electron chi connectivity index (χ2n) is 8.10. The molecule has 6 nitrogen and oxygen atoms in total. The molecule has 144 valence electrons. The van der Waals surface area contributed by atoms with Crippen molar-refractivity contribution >= 4 is 11.7 Å². The highest BCUT2D eigenvalue weighted by molar-refractivity contribution is 5.79. The van der Waals surface area contributed by atoms with Crippen LogP contribution in [0.25, 0.3) is 0 Å². The van der Waals surface area contributed by atoms with Gasteiger partial charge in [-0.2, -0.15) is 0 Å². The predicted octanol–water partition coefficient (Wildman–Crippen LogP) is 2.46. The van der Waals surface area contributed by atoms with Crippen LogP contribution in [0.3, 0.4) is 0 Å². The zero-order valence-electron chi connectivity index (χ0n) is 16.3. The van der Waals surface area contributed by atoms with Gasteiger partial charge in [-0.05, 0) is 39.8 Å². The summed E-state index contributed by atoms with van der Waals surface area (Å²) in [5.74, 6) is 1.11. The highest BCUT2D eigenvalue weighted by Crippen LogP contribution is 2.31. The van der Waals surface area contributed by atoms with Crippen LogP contribution in [0.4, 0.5) is 5.82 Å². The number of hydrogen-bond donors (Lipinski definition) is 1. The van der Waals surface area contributed by atoms with Gasteiger partial charge in [0.1, 0.15) is 5.82 Å². The Morgan fingerprint density at radius 3 is 2.65 bits per heavy atom. The lowest BCUT2D eigenvalue weighted by atomic mass is 9.88. The fourth-order valence-corrected chi connectivity index (χ4v) is 4.42. The zero-order valence-corrected chi connectivity index (χ0v) is 16.3. The lowest BCUT2D eigenvalue weighted by Crippen LogP contribution is -2.54. The van der Waals surface area contributed by atoms with E-state index in [-0.39, 0.29) is 17.4 Å². The molecule has 3 rings (SSSR count). The van der Waals surface area contributed by atoms with Crippen LogP contribution in [0.15, 0.2) is 18.6 Å². The number of nitrogens with zero attached hydrogens (tertiary/aromatic N) is 4. The number of piperidine rings is 1. The number of aromatic nitrogens is 2. The molecule has 2 heterocycles. The number of rotatable bonds is 5. The van der Waals surface area contributed by atoms with Crippen molar-refractivity contribution in [2.24, 2.45) is 5.92 Å². The van der Waals surface area contributed by atoms with Gasteiger partial charge in [-0.3, -0.25) is 9.78 Å². The molecule has 1 saturated heterocycles. The number of carbonyl (C=O) groups excluding carboxylic acids is 1. The number of likely N-dealkylation sites (N-methyl/N-ethyl adjacent to an activating group) is 1. The van der Waals surface area contributed by atoms with Crippen LogP contribution in [-0.4, -0.2) is 60.0 Å². The first-order chi connectivity index (χ1) is 12.6. The number of amides is 1. The SMILES string of the molecule is CN(C)C1(CNC(=O)[C@H]2CCCN(c3cnccn3)C2)CCCCCC1. The van der Waals surface area contributed by atoms with Crippen molar-refractivity contribution < 1.29 is 4.79 Å². The maximum absolute atomic E-state index is 12.9. The molecule has 1 N–H and O–H groups in total. The summed E-state index contributed by atoms with van der Waals surface area (Å²) in [5, 5.41) is 3.30. The van der Waals surface area contributed by atoms with Crippen LogP contribution in [-0.2, 0) is 4.79 Å². The van der Waals surface area contributed by atoms with E-state index in [1.165, 1.54) is 38.5 Å². The van der Waals surface area contributed by atoms with Crippen molar-refractivity contribution in [1.29, 1.82) is 0 Å². The number of hydrogen-bond acceptors (Lipinski definition) is 5. The van der Waals surface area contributed by atoms with Gasteiger partial charge in [-0.1, -0.05) is 25.7 Å². The topological polar surface area (TPSA) is 61.4 Å². The molecule has 2 aliphatic rings. The smallest absolute Gasteiger partial charge is 0.224 e. The Morgan fingerprint density at radius 1 is 1.23 bits per heavy atom. The van der Waals surface area contributed by atoms with Crippen LogP contribution in [0.1, 0.15) is 51.4 Å². The number of nitrogens with one attached hydrogen (secondary N) is 1. The first-order valence-electron chi connectivity index (χ1n) is 10.1. The molecule has 1 aliphatic carbocycles. The van der Waals surface area contributed by atoms with Crippen LogP contribution in [0, 0.1) is 5.92 Å². The van der Waals surface area contributed by atoms with Crippen LogP contribution >= 0.6 is 0 Å². The summed E-state index contributed by atoms with van der Waals surface area (Å²) in [4.78, 5) is 25.9. The normalized spacial score (nSPS) is 23.5. The first kappa shape index (κ1) is 19.1. The second kappa shape index (κ2) is 8.80. The average Bonchev–Trinajstić information content (AvgIpc) is 2.93. The predicted molar refractivity (Wildman–Crippen MR) is 104 cm³/mol. The summed E-state index contributed by atoms with van der Waals surface area (Å²) in [6, 6.07) is 0. The van der Waals surface area contributed by atoms with Gasteiger partial charge >= 0.3 is 0 Å². The van der Waals surface area contributed by atoms with Gasteiger partial charge in [0.2, 0.25) is 5.91 Å². The fraction of sp³-hybridized carbons (Fsp3) is 0.750. The molecule has 1 amide bonds. The van der Waals surface area contributed by atoms with Crippen molar-refractivity contribution in [3.05, 3.63) is 18.6 Å². The van der Waals surface area contributed by atoms with E-state index in [9.17, 15) is 4.79 Å². The number of carbonyl (C=O) groups is 1. The quantitative estimate of drug-likeness (QED) is 0.819. The Labute approximate surface area is 157 Å². The molecule has 1 aromatic heterocycles. The Hall–Kier alpha value is -1.69. The zero-order chi connectivity index (χ0) is 18.4. The maximum atomic E-state index is 12.9. The standard InChI is InChI=1S/C20H33N5O/c1-24(2)20(9-5-3-4-6-10-20)16-23-19(26)17-8-7-13-25(15-17)18-14-21-11-12-22-18/h11-12,14,17H,3-10,13,15-16H2,1-2H3,(H,23,26)/t17-/m0/s1. The van der Waals surface area contributed by atoms with Gasteiger partial charge in [0.05, 0.1) is 12.1 Å². The van der Waals surface area contributed by atoms with Crippen molar-refractivity contribution in [2.45, 2.75) is 56.9 Å². The van der Waals surface area contributed by atoms with E-state index >= 15 is 0 Å². The van der Waals surface area contributed by atoms with Crippen LogP contribution in [0.2, 0.25) is 0 Å². The molecule has 0 aromatic carbocycles. The summed E-state index contributed by atoms with van der Waals surface area (Å²) < 4.78 is 0. The van der Waals surface area contributed by atoms with Gasteiger partial charge in [0.25, 0.3) is 0 Å². The third kappa shape index (κ3) is 4.53. The maximum Gasteiger partial charge on any atom is 0.224 e. The van der Waals surface area contributed by atoms with Crippen molar-refractivity contribution in [3.63, 3.8) is 0 Å². The Balaban J connectivity index is 1.58. The molecular formula is C20H33N5O. The third-order valence-electron chi connectivity index (χ3n) is 6.24. The highest BCUT2D eigenvalue weighted by atomic mass is 16.1. The molecule has 0 spiro atoms. The van der Waals surface area contributed by atoms with Crippen LogP contribution < -0.4 is 10.2 Å². The van der Waals surface area contributed by atoms with Crippen LogP contribution in [0.5, 0.6) is 0 Å². The summed E-state index contributed by atoms with van der Waals surface area (Å²) in [6.45, 7) is 2.45. The highest BCUT2D eigenvalue weighted by Gasteiger charge is 2.35. The van der Waals surface area contributed by atoms with Gasteiger partial charge in [-0.15, -0.1) is 0 Å². The Kier molecular flexibility index (Phi) is 6.46. The molecule has 0 unspecified atom stereocenters. The molecule has 1 aromatic rings. The Morgan fingerprint density at radius 2 is 2.00 bits per heavy atom. The minimum absolute atomic E-state index is 0.0377. The summed E-state index contributed by atoms with van der Waals surface area (Å²) in [7, 11) is 4.32. The molecule has 1 atom stereocenters. The van der Waals surface area contributed by atoms with Crippen molar-refractivity contribution in [2.75, 3.05) is 38.6 Å². The lowest BCUT2D eigenvalue weighted by Gasteiger charge is -2.40. The molecule has 0 bridgehead atoms. The summed E-state index contributed by atoms with van der Waals surface area (Å²) in [5.41, 5.74) is 0.116. The molecule has 1 aliphatic heterocycles. The minimum Gasteiger partial charge on any atom is -0.355 e. The van der Waals surface area contributed by atoms with E-state index < -0.39 is 0 Å². The Bertz CT molecular complexity index is 569. The van der Waals surface area contributed by atoms with Crippen molar-refractivity contribution in [3.8, 4) is 0 Å². The summed E-state index contributed by atoms with van der Waals surface area (Å²) in [6.07, 6.45) is 14.7.